The molecule has 1 aliphatic rings. The van der Waals surface area contributed by atoms with Crippen LogP contribution in [0.1, 0.15) is 12.8 Å². The second-order valence-electron chi connectivity index (χ2n) is 3.80. The van der Waals surface area contributed by atoms with Crippen LogP contribution in [0.5, 0.6) is 0 Å². The van der Waals surface area contributed by atoms with E-state index < -0.39 is 4.92 Å². The molecule has 0 saturated carbocycles. The monoisotopic (exact) mass is 223 g/mol. The van der Waals surface area contributed by atoms with Crippen molar-refractivity contribution in [3.8, 4) is 0 Å². The van der Waals surface area contributed by atoms with E-state index in [1.807, 2.05) is 4.90 Å². The predicted molar refractivity (Wildman–Crippen MR) is 58.3 cm³/mol. The summed E-state index contributed by atoms with van der Waals surface area (Å²) < 4.78 is 0. The van der Waals surface area contributed by atoms with Crippen LogP contribution in [0.25, 0.3) is 0 Å². The van der Waals surface area contributed by atoms with Crippen LogP contribution in [0.3, 0.4) is 0 Å². The molecule has 6 heteroatoms. The number of aliphatic hydroxyl groups excluding tert-OH is 1. The summed E-state index contributed by atoms with van der Waals surface area (Å²) in [6, 6.07) is 2.86. The van der Waals surface area contributed by atoms with Crippen LogP contribution < -0.4 is 4.90 Å². The Balaban J connectivity index is 2.26. The molecular weight excluding hydrogens is 210 g/mol. The first-order chi connectivity index (χ1) is 7.72. The Morgan fingerprint density at radius 2 is 2.50 bits per heavy atom. The lowest BCUT2D eigenvalue weighted by Crippen LogP contribution is -2.32. The third kappa shape index (κ3) is 1.96. The molecule has 16 heavy (non-hydrogen) atoms. The number of hydrogen-bond acceptors (Lipinski definition) is 5. The maximum atomic E-state index is 10.6. The number of aliphatic hydroxyl groups is 1. The maximum Gasteiger partial charge on any atom is 0.274 e. The fourth-order valence-electron chi connectivity index (χ4n) is 2.01. The van der Waals surface area contributed by atoms with E-state index in [1.165, 1.54) is 18.3 Å². The predicted octanol–water partition coefficient (Wildman–Crippen LogP) is 0.951. The van der Waals surface area contributed by atoms with Crippen LogP contribution in [-0.2, 0) is 0 Å². The van der Waals surface area contributed by atoms with Crippen molar-refractivity contribution >= 4 is 11.5 Å². The lowest BCUT2D eigenvalue weighted by atomic mass is 10.2. The zero-order valence-corrected chi connectivity index (χ0v) is 8.74. The number of aromatic nitrogens is 1. The van der Waals surface area contributed by atoms with Crippen molar-refractivity contribution in [2.45, 2.75) is 18.9 Å². The minimum absolute atomic E-state index is 0.0357. The molecule has 86 valence electrons. The molecule has 1 N–H and O–H groups in total. The van der Waals surface area contributed by atoms with Crippen molar-refractivity contribution in [1.82, 2.24) is 4.98 Å². The summed E-state index contributed by atoms with van der Waals surface area (Å²) >= 11 is 0. The van der Waals surface area contributed by atoms with Gasteiger partial charge in [0, 0.05) is 18.8 Å². The summed E-state index contributed by atoms with van der Waals surface area (Å²) in [4.78, 5) is 16.2. The van der Waals surface area contributed by atoms with Crippen LogP contribution in [0.15, 0.2) is 18.3 Å². The number of pyridine rings is 1. The van der Waals surface area contributed by atoms with Crippen LogP contribution in [-0.4, -0.2) is 34.2 Å². The molecule has 0 radical (unpaired) electrons. The zero-order valence-electron chi connectivity index (χ0n) is 8.74. The molecule has 1 aliphatic heterocycles. The number of rotatable bonds is 3. The summed E-state index contributed by atoms with van der Waals surface area (Å²) in [5.41, 5.74) is 0.0357. The fraction of sp³-hybridized carbons (Fsp3) is 0.500. The molecule has 6 nitrogen and oxygen atoms in total. The highest BCUT2D eigenvalue weighted by Gasteiger charge is 2.25. The standard InChI is InChI=1S/C10H13N3O3/c14-7-9-2-1-5-12(9)10-6-8(13(15)16)3-4-11-10/h3-4,6,9,14H,1-2,5,7H2/t9-/m0/s1. The molecule has 2 heterocycles. The number of nitrogens with zero attached hydrogens (tertiary/aromatic N) is 3. The van der Waals surface area contributed by atoms with Crippen LogP contribution in [0, 0.1) is 10.1 Å². The van der Waals surface area contributed by atoms with Crippen LogP contribution in [0.4, 0.5) is 11.5 Å². The molecule has 2 rings (SSSR count). The van der Waals surface area contributed by atoms with Gasteiger partial charge in [-0.15, -0.1) is 0 Å². The summed E-state index contributed by atoms with van der Waals surface area (Å²) in [5, 5.41) is 19.8. The van der Waals surface area contributed by atoms with Gasteiger partial charge >= 0.3 is 0 Å². The van der Waals surface area contributed by atoms with Gasteiger partial charge in [0.1, 0.15) is 5.82 Å². The highest BCUT2D eigenvalue weighted by atomic mass is 16.6. The maximum absolute atomic E-state index is 10.6. The number of anilines is 1. The first kappa shape index (κ1) is 10.8. The molecule has 1 aromatic heterocycles. The van der Waals surface area contributed by atoms with Crippen LogP contribution >= 0.6 is 0 Å². The molecule has 0 amide bonds. The minimum atomic E-state index is -0.435. The third-order valence-electron chi connectivity index (χ3n) is 2.82. The highest BCUT2D eigenvalue weighted by Crippen LogP contribution is 2.25. The van der Waals surface area contributed by atoms with Gasteiger partial charge in [0.15, 0.2) is 0 Å². The Morgan fingerprint density at radius 3 is 3.19 bits per heavy atom. The molecule has 0 unspecified atom stereocenters. The molecule has 0 spiro atoms. The average Bonchev–Trinajstić information content (AvgIpc) is 2.77. The van der Waals surface area contributed by atoms with Crippen LogP contribution in [0.2, 0.25) is 0 Å². The molecule has 1 atom stereocenters. The van der Waals surface area contributed by atoms with E-state index in [4.69, 9.17) is 0 Å². The van der Waals surface area contributed by atoms with Crippen molar-refractivity contribution in [3.05, 3.63) is 28.4 Å². The topological polar surface area (TPSA) is 79.5 Å². The lowest BCUT2D eigenvalue weighted by molar-refractivity contribution is -0.384. The zero-order chi connectivity index (χ0) is 11.5. The molecule has 1 fully saturated rings. The van der Waals surface area contributed by atoms with E-state index in [9.17, 15) is 15.2 Å². The van der Waals surface area contributed by atoms with Gasteiger partial charge in [-0.3, -0.25) is 10.1 Å². The molecule has 1 saturated heterocycles. The van der Waals surface area contributed by atoms with Crippen molar-refractivity contribution in [1.29, 1.82) is 0 Å². The third-order valence-corrected chi connectivity index (χ3v) is 2.82. The van der Waals surface area contributed by atoms with Gasteiger partial charge in [0.05, 0.1) is 23.6 Å². The number of hydrogen-bond donors (Lipinski definition) is 1. The van der Waals surface area contributed by atoms with Crippen molar-refractivity contribution in [2.75, 3.05) is 18.1 Å². The van der Waals surface area contributed by atoms with E-state index in [0.29, 0.717) is 5.82 Å². The summed E-state index contributed by atoms with van der Waals surface area (Å²) in [7, 11) is 0. The molecule has 0 aliphatic carbocycles. The molecule has 0 aromatic carbocycles. The van der Waals surface area contributed by atoms with Gasteiger partial charge in [-0.25, -0.2) is 4.98 Å². The normalized spacial score (nSPS) is 20.1. The smallest absolute Gasteiger partial charge is 0.274 e. The Labute approximate surface area is 92.7 Å². The van der Waals surface area contributed by atoms with Gasteiger partial charge in [0.2, 0.25) is 0 Å². The number of nitro groups is 1. The minimum Gasteiger partial charge on any atom is -0.394 e. The second kappa shape index (κ2) is 4.44. The molecule has 0 bridgehead atoms. The Bertz CT molecular complexity index is 397. The first-order valence-electron chi connectivity index (χ1n) is 5.20. The van der Waals surface area contributed by atoms with Crippen molar-refractivity contribution < 1.29 is 10.0 Å². The lowest BCUT2D eigenvalue weighted by Gasteiger charge is -2.23. The fourth-order valence-corrected chi connectivity index (χ4v) is 2.01. The Morgan fingerprint density at radius 1 is 1.69 bits per heavy atom. The summed E-state index contributed by atoms with van der Waals surface area (Å²) in [6.07, 6.45) is 3.32. The second-order valence-corrected chi connectivity index (χ2v) is 3.80. The van der Waals surface area contributed by atoms with Gasteiger partial charge in [-0.2, -0.15) is 0 Å². The van der Waals surface area contributed by atoms with Crippen molar-refractivity contribution in [2.24, 2.45) is 0 Å². The first-order valence-corrected chi connectivity index (χ1v) is 5.20. The summed E-state index contributed by atoms with van der Waals surface area (Å²) in [5.74, 6) is 0.575. The van der Waals surface area contributed by atoms with Gasteiger partial charge in [-0.1, -0.05) is 0 Å². The highest BCUT2D eigenvalue weighted by molar-refractivity contribution is 5.48. The molecule has 1 aromatic rings. The SMILES string of the molecule is O=[N+]([O-])c1ccnc(N2CCC[C@H]2CO)c1. The largest absolute Gasteiger partial charge is 0.394 e. The molecular formula is C10H13N3O3. The quantitative estimate of drug-likeness (QED) is 0.609. The van der Waals surface area contributed by atoms with E-state index in [1.54, 1.807) is 0 Å². The van der Waals surface area contributed by atoms with Gasteiger partial charge < -0.3 is 10.0 Å². The Kier molecular flexibility index (Phi) is 3.00. The van der Waals surface area contributed by atoms with E-state index in [0.717, 1.165) is 19.4 Å². The van der Waals surface area contributed by atoms with Crippen molar-refractivity contribution in [3.63, 3.8) is 0 Å². The summed E-state index contributed by atoms with van der Waals surface area (Å²) in [6.45, 7) is 0.851. The van der Waals surface area contributed by atoms with E-state index in [-0.39, 0.29) is 18.3 Å². The van der Waals surface area contributed by atoms with Gasteiger partial charge in [0.25, 0.3) is 5.69 Å². The van der Waals surface area contributed by atoms with E-state index in [2.05, 4.69) is 4.98 Å². The Hall–Kier alpha value is -1.69. The average molecular weight is 223 g/mol. The van der Waals surface area contributed by atoms with E-state index >= 15 is 0 Å². The van der Waals surface area contributed by atoms with Gasteiger partial charge in [-0.05, 0) is 12.8 Å².